The lowest BCUT2D eigenvalue weighted by Crippen LogP contribution is -2.44. The molecule has 5 rings (SSSR count). The van der Waals surface area contributed by atoms with E-state index in [4.69, 9.17) is 20.8 Å². The molecule has 1 aromatic heterocycles. The number of thiophene rings is 1. The third-order valence-electron chi connectivity index (χ3n) is 9.42. The number of ether oxygens (including phenoxy) is 3. The summed E-state index contributed by atoms with van der Waals surface area (Å²) in [5, 5.41) is 0. The monoisotopic (exact) mass is 568 g/mol. The molecule has 0 radical (unpaired) electrons. The molecule has 0 atom stereocenters. The van der Waals surface area contributed by atoms with Gasteiger partial charge >= 0.3 is 6.09 Å². The second-order valence-electron chi connectivity index (χ2n) is 12.2. The normalized spacial score (nSPS) is 27.4. The van der Waals surface area contributed by atoms with Gasteiger partial charge in [-0.25, -0.2) is 4.79 Å². The summed E-state index contributed by atoms with van der Waals surface area (Å²) in [5.74, 6) is 2.02. The number of carbonyl (C=O) groups excluding carboxylic acids is 1. The fraction of sp³-hybridized carbons (Fsp3) is 0.667. The van der Waals surface area contributed by atoms with Gasteiger partial charge in [0, 0.05) is 29.7 Å². The van der Waals surface area contributed by atoms with Gasteiger partial charge in [0.25, 0.3) is 0 Å². The van der Waals surface area contributed by atoms with Crippen LogP contribution in [-0.2, 0) is 14.2 Å². The summed E-state index contributed by atoms with van der Waals surface area (Å²) in [4.78, 5) is 19.5. The first-order valence-corrected chi connectivity index (χ1v) is 16.3. The number of carbonyl (C=O) groups is 1. The third kappa shape index (κ3) is 6.79. The molecule has 2 heterocycles. The number of anilines is 1. The molecule has 0 bridgehead atoms. The molecular weight excluding hydrogens is 520 g/mol. The van der Waals surface area contributed by atoms with Crippen LogP contribution in [-0.4, -0.2) is 56.6 Å². The van der Waals surface area contributed by atoms with E-state index in [0.29, 0.717) is 38.3 Å². The van der Waals surface area contributed by atoms with Crippen molar-refractivity contribution in [3.63, 3.8) is 0 Å². The maximum Gasteiger partial charge on any atom is 0.410 e. The largest absolute Gasteiger partial charge is 0.496 e. The van der Waals surface area contributed by atoms with Gasteiger partial charge in [0.15, 0.2) is 0 Å². The number of rotatable bonds is 8. The fourth-order valence-electron chi connectivity index (χ4n) is 6.83. The predicted molar refractivity (Wildman–Crippen MR) is 164 cm³/mol. The van der Waals surface area contributed by atoms with Crippen LogP contribution < -0.4 is 4.90 Å². The van der Waals surface area contributed by atoms with E-state index in [1.807, 2.05) is 11.3 Å². The molecule has 3 aliphatic carbocycles. The summed E-state index contributed by atoms with van der Waals surface area (Å²) in [7, 11) is 1.72. The highest BCUT2D eigenvalue weighted by Gasteiger charge is 2.35. The molecule has 220 valence electrons. The van der Waals surface area contributed by atoms with Gasteiger partial charge in [-0.3, -0.25) is 0 Å². The molecule has 0 spiro atoms. The molecule has 4 aliphatic rings. The van der Waals surface area contributed by atoms with Crippen molar-refractivity contribution in [2.24, 2.45) is 11.8 Å². The molecule has 3 fully saturated rings. The molecule has 0 unspecified atom stereocenters. The predicted octanol–water partition coefficient (Wildman–Crippen LogP) is 8.25. The number of morpholine rings is 1. The average Bonchev–Trinajstić information content (AvgIpc) is 3.44. The Morgan fingerprint density at radius 1 is 1.05 bits per heavy atom. The first-order chi connectivity index (χ1) is 19.4. The summed E-state index contributed by atoms with van der Waals surface area (Å²) in [6.07, 6.45) is 15.6. The number of hydrogen-bond acceptors (Lipinski definition) is 6. The van der Waals surface area contributed by atoms with Gasteiger partial charge in [-0.2, -0.15) is 0 Å². The third-order valence-corrected chi connectivity index (χ3v) is 10.7. The van der Waals surface area contributed by atoms with Gasteiger partial charge in [0.2, 0.25) is 0 Å². The molecule has 0 N–H and O–H groups in total. The Hall–Kier alpha value is -2.25. The highest BCUT2D eigenvalue weighted by atomic mass is 32.1. The first kappa shape index (κ1) is 29.2. The van der Waals surface area contributed by atoms with Gasteiger partial charge in [-0.1, -0.05) is 39.0 Å². The number of amides is 1. The van der Waals surface area contributed by atoms with Crippen LogP contribution in [0.15, 0.2) is 31.0 Å². The van der Waals surface area contributed by atoms with Crippen molar-refractivity contribution in [1.82, 2.24) is 4.90 Å². The van der Waals surface area contributed by atoms with E-state index < -0.39 is 0 Å². The van der Waals surface area contributed by atoms with Gasteiger partial charge in [0.05, 0.1) is 30.9 Å². The van der Waals surface area contributed by atoms with Crippen LogP contribution in [0.5, 0.6) is 0 Å². The van der Waals surface area contributed by atoms with Crippen molar-refractivity contribution in [2.45, 2.75) is 96.1 Å². The van der Waals surface area contributed by atoms with Crippen LogP contribution in [0.4, 0.5) is 10.5 Å². The Kier molecular flexibility index (Phi) is 9.95. The Balaban J connectivity index is 1.38. The zero-order valence-electron chi connectivity index (χ0n) is 24.6. The number of allylic oxidation sites excluding steroid dienone is 3. The van der Waals surface area contributed by atoms with E-state index >= 15 is 0 Å². The van der Waals surface area contributed by atoms with Crippen molar-refractivity contribution in [3.05, 3.63) is 40.8 Å². The Labute approximate surface area is 245 Å². The van der Waals surface area contributed by atoms with Crippen LogP contribution in [0, 0.1) is 11.8 Å². The second kappa shape index (κ2) is 13.6. The van der Waals surface area contributed by atoms with Crippen LogP contribution in [0.1, 0.15) is 93.7 Å². The number of methoxy groups -OCH3 is 1. The minimum absolute atomic E-state index is 0.0314. The second-order valence-corrected chi connectivity index (χ2v) is 13.2. The first-order valence-electron chi connectivity index (χ1n) is 15.5. The van der Waals surface area contributed by atoms with Gasteiger partial charge in [0.1, 0.15) is 11.9 Å². The van der Waals surface area contributed by atoms with E-state index in [0.717, 1.165) is 55.1 Å². The molecule has 0 aromatic carbocycles. The van der Waals surface area contributed by atoms with Crippen molar-refractivity contribution in [3.8, 4) is 0 Å². The lowest BCUT2D eigenvalue weighted by atomic mass is 9.80. The molecule has 7 heteroatoms. The quantitative estimate of drug-likeness (QED) is 0.296. The Morgan fingerprint density at radius 2 is 1.77 bits per heavy atom. The van der Waals surface area contributed by atoms with Crippen LogP contribution in [0.3, 0.4) is 0 Å². The van der Waals surface area contributed by atoms with E-state index in [1.54, 1.807) is 12.0 Å². The van der Waals surface area contributed by atoms with E-state index in [1.165, 1.54) is 60.4 Å². The van der Waals surface area contributed by atoms with Crippen LogP contribution in [0.2, 0.25) is 0 Å². The summed E-state index contributed by atoms with van der Waals surface area (Å²) in [5.41, 5.74) is 3.91. The topological polar surface area (TPSA) is 51.2 Å². The highest BCUT2D eigenvalue weighted by Crippen LogP contribution is 2.46. The Bertz CT molecular complexity index is 1070. The summed E-state index contributed by atoms with van der Waals surface area (Å²) in [6.45, 7) is 13.9. The molecule has 1 saturated heterocycles. The zero-order chi connectivity index (χ0) is 28.1. The van der Waals surface area contributed by atoms with E-state index in [-0.39, 0.29) is 12.2 Å². The van der Waals surface area contributed by atoms with Crippen LogP contribution in [0.25, 0.3) is 11.3 Å². The smallest absolute Gasteiger partial charge is 0.410 e. The minimum atomic E-state index is -0.189. The minimum Gasteiger partial charge on any atom is -0.496 e. The van der Waals surface area contributed by atoms with Crippen molar-refractivity contribution < 1.29 is 19.0 Å². The van der Waals surface area contributed by atoms with Crippen molar-refractivity contribution >= 4 is 34.4 Å². The van der Waals surface area contributed by atoms with Crippen molar-refractivity contribution in [2.75, 3.05) is 38.3 Å². The fourth-order valence-corrected chi connectivity index (χ4v) is 8.00. The average molecular weight is 569 g/mol. The highest BCUT2D eigenvalue weighted by molar-refractivity contribution is 7.14. The maximum atomic E-state index is 12.7. The van der Waals surface area contributed by atoms with Crippen LogP contribution >= 0.6 is 11.3 Å². The summed E-state index contributed by atoms with van der Waals surface area (Å²) >= 11 is 1.82. The SMILES string of the molecule is C=C(OC)c1sc(C2=CCCCC2)cc1N(C(=C)C1CCC(C)CC1)C1CCC(OC(=O)N2CCOCC2)CC1. The molecule has 2 saturated carbocycles. The standard InChI is InChI=1S/C33H48N2O4S/c1-23-10-12-26(13-11-23)24(2)35(28-14-16-29(17-15-28)39-33(36)34-18-20-38-21-19-34)30-22-31(27-8-6-5-7-9-27)40-32(30)25(3)37-4/h8,22-23,26,28-29H,2-3,5-7,9-21H2,1,4H3. The maximum absolute atomic E-state index is 12.7. The lowest BCUT2D eigenvalue weighted by molar-refractivity contribution is 0.00451. The van der Waals surface area contributed by atoms with Gasteiger partial charge < -0.3 is 24.0 Å². The molecule has 1 aliphatic heterocycles. The van der Waals surface area contributed by atoms with Gasteiger partial charge in [-0.15, -0.1) is 11.3 Å². The number of nitrogens with zero attached hydrogens (tertiary/aromatic N) is 2. The van der Waals surface area contributed by atoms with E-state index in [9.17, 15) is 4.79 Å². The summed E-state index contributed by atoms with van der Waals surface area (Å²) < 4.78 is 17.1. The molecule has 6 nitrogen and oxygen atoms in total. The molecule has 1 aromatic rings. The molecule has 1 amide bonds. The molecule has 40 heavy (non-hydrogen) atoms. The van der Waals surface area contributed by atoms with Gasteiger partial charge in [-0.05, 0) is 87.7 Å². The summed E-state index contributed by atoms with van der Waals surface area (Å²) in [6, 6.07) is 2.71. The Morgan fingerprint density at radius 3 is 2.42 bits per heavy atom. The van der Waals surface area contributed by atoms with Crippen molar-refractivity contribution in [1.29, 1.82) is 0 Å². The molecular formula is C33H48N2O4S. The zero-order valence-corrected chi connectivity index (χ0v) is 25.4. The lowest BCUT2D eigenvalue weighted by Gasteiger charge is -2.42. The number of hydrogen-bond donors (Lipinski definition) is 0. The van der Waals surface area contributed by atoms with E-state index in [2.05, 4.69) is 30.5 Å².